The number of ketones is 1. The van der Waals surface area contributed by atoms with Crippen LogP contribution in [-0.2, 0) is 0 Å². The summed E-state index contributed by atoms with van der Waals surface area (Å²) >= 11 is 23.6. The lowest BCUT2D eigenvalue weighted by atomic mass is 9.91. The van der Waals surface area contributed by atoms with Crippen molar-refractivity contribution in [2.45, 2.75) is 18.8 Å². The molecule has 212 valence electrons. The van der Waals surface area contributed by atoms with Crippen molar-refractivity contribution in [1.82, 2.24) is 0 Å². The van der Waals surface area contributed by atoms with Crippen LogP contribution in [0.5, 0.6) is 17.2 Å². The first-order valence-corrected chi connectivity index (χ1v) is 13.5. The standard InChI is InChI=1S/C28H24Cl4FNO6/c29-23-15-21(39-13-10-27(31)32)16-24(30)28(23)40-12-3-11-38-20-8-6-18(7-9-20)26(35)14-19(17-34(36)37)22-4-1-2-5-25(22)33/h1-2,4-10,15-16,19H,3,11-14,17H2. The van der Waals surface area contributed by atoms with Crippen molar-refractivity contribution in [1.29, 1.82) is 0 Å². The summed E-state index contributed by atoms with van der Waals surface area (Å²) in [4.78, 5) is 23.3. The Morgan fingerprint density at radius 1 is 0.950 bits per heavy atom. The van der Waals surface area contributed by atoms with E-state index in [2.05, 4.69) is 0 Å². The average Bonchev–Trinajstić information content (AvgIpc) is 2.89. The molecule has 0 aliphatic rings. The first kappa shape index (κ1) is 31.5. The summed E-state index contributed by atoms with van der Waals surface area (Å²) < 4.78 is 31.1. The average molecular weight is 631 g/mol. The van der Waals surface area contributed by atoms with Crippen LogP contribution in [0.1, 0.15) is 34.7 Å². The molecule has 3 rings (SSSR count). The quantitative estimate of drug-likeness (QED) is 0.0726. The Balaban J connectivity index is 1.47. The number of carbonyl (C=O) groups excluding carboxylic acids is 1. The van der Waals surface area contributed by atoms with Gasteiger partial charge in [-0.05, 0) is 42.0 Å². The fourth-order valence-electron chi connectivity index (χ4n) is 3.72. The number of ether oxygens (including phenoxy) is 3. The highest BCUT2D eigenvalue weighted by Gasteiger charge is 2.24. The van der Waals surface area contributed by atoms with Gasteiger partial charge in [0.25, 0.3) is 0 Å². The molecule has 0 heterocycles. The maximum absolute atomic E-state index is 14.2. The molecular formula is C28H24Cl4FNO6. The normalized spacial score (nSPS) is 11.4. The predicted octanol–water partition coefficient (Wildman–Crippen LogP) is 8.31. The van der Waals surface area contributed by atoms with Crippen molar-refractivity contribution in [3.8, 4) is 17.2 Å². The summed E-state index contributed by atoms with van der Waals surface area (Å²) in [5.41, 5.74) is 0.491. The second kappa shape index (κ2) is 15.7. The van der Waals surface area contributed by atoms with Crippen LogP contribution in [0.25, 0.3) is 0 Å². The minimum absolute atomic E-state index is 0.0868. The van der Waals surface area contributed by atoms with Gasteiger partial charge >= 0.3 is 0 Å². The molecule has 12 heteroatoms. The molecule has 0 radical (unpaired) electrons. The number of halogens is 5. The third kappa shape index (κ3) is 9.86. The number of nitrogens with zero attached hydrogens (tertiary/aromatic N) is 1. The molecule has 7 nitrogen and oxygen atoms in total. The zero-order valence-electron chi connectivity index (χ0n) is 21.0. The number of hydrogen-bond donors (Lipinski definition) is 0. The van der Waals surface area contributed by atoms with Gasteiger partial charge < -0.3 is 14.2 Å². The van der Waals surface area contributed by atoms with Crippen molar-refractivity contribution in [2.24, 2.45) is 0 Å². The first-order chi connectivity index (χ1) is 19.1. The summed E-state index contributed by atoms with van der Waals surface area (Å²) in [6.07, 6.45) is 1.79. The zero-order valence-corrected chi connectivity index (χ0v) is 24.0. The van der Waals surface area contributed by atoms with Gasteiger partial charge in [-0.2, -0.15) is 0 Å². The van der Waals surface area contributed by atoms with Crippen LogP contribution < -0.4 is 14.2 Å². The molecule has 0 saturated heterocycles. The Hall–Kier alpha value is -3.04. The Kier molecular flexibility index (Phi) is 12.3. The Bertz CT molecular complexity index is 1330. The van der Waals surface area contributed by atoms with E-state index < -0.39 is 23.2 Å². The molecule has 40 heavy (non-hydrogen) atoms. The number of hydrogen-bond acceptors (Lipinski definition) is 6. The second-order valence-corrected chi connectivity index (χ2v) is 10.3. The van der Waals surface area contributed by atoms with Crippen LogP contribution in [0.2, 0.25) is 10.0 Å². The Morgan fingerprint density at radius 2 is 1.60 bits per heavy atom. The summed E-state index contributed by atoms with van der Waals surface area (Å²) in [6, 6.07) is 15.3. The summed E-state index contributed by atoms with van der Waals surface area (Å²) in [6.45, 7) is 0.186. The lowest BCUT2D eigenvalue weighted by Crippen LogP contribution is -2.17. The number of nitro groups is 1. The predicted molar refractivity (Wildman–Crippen MR) is 154 cm³/mol. The molecule has 0 saturated carbocycles. The molecule has 0 bridgehead atoms. The number of carbonyl (C=O) groups is 1. The van der Waals surface area contributed by atoms with E-state index in [9.17, 15) is 19.3 Å². The molecule has 3 aromatic carbocycles. The Labute approximate surface area is 250 Å². The van der Waals surface area contributed by atoms with E-state index in [4.69, 9.17) is 60.6 Å². The van der Waals surface area contributed by atoms with Crippen LogP contribution >= 0.6 is 46.4 Å². The molecular weight excluding hydrogens is 607 g/mol. The van der Waals surface area contributed by atoms with Gasteiger partial charge in [0.15, 0.2) is 11.5 Å². The van der Waals surface area contributed by atoms with Gasteiger partial charge in [-0.1, -0.05) is 64.6 Å². The number of rotatable bonds is 15. The van der Waals surface area contributed by atoms with Gasteiger partial charge in [-0.3, -0.25) is 14.9 Å². The van der Waals surface area contributed by atoms with E-state index in [0.717, 1.165) is 0 Å². The maximum atomic E-state index is 14.2. The first-order valence-electron chi connectivity index (χ1n) is 12.0. The molecule has 0 aliphatic heterocycles. The third-order valence-corrected chi connectivity index (χ3v) is 6.46. The van der Waals surface area contributed by atoms with E-state index >= 15 is 0 Å². The lowest BCUT2D eigenvalue weighted by Gasteiger charge is -2.14. The topological polar surface area (TPSA) is 87.9 Å². The molecule has 0 spiro atoms. The molecule has 0 aromatic heterocycles. The fraction of sp³-hybridized carbons (Fsp3) is 0.250. The summed E-state index contributed by atoms with van der Waals surface area (Å²) in [7, 11) is 0. The highest BCUT2D eigenvalue weighted by atomic mass is 35.5. The monoisotopic (exact) mass is 629 g/mol. The van der Waals surface area contributed by atoms with Crippen molar-refractivity contribution >= 4 is 52.2 Å². The van der Waals surface area contributed by atoms with Gasteiger partial charge in [0.05, 0.1) is 29.2 Å². The van der Waals surface area contributed by atoms with Gasteiger partial charge in [0.1, 0.15) is 28.4 Å². The molecule has 1 unspecified atom stereocenters. The molecule has 3 aromatic rings. The number of Topliss-reactive ketones (excluding diaryl/α,β-unsaturated/α-hetero) is 1. The summed E-state index contributed by atoms with van der Waals surface area (Å²) in [5, 5.41) is 11.7. The van der Waals surface area contributed by atoms with E-state index in [1.54, 1.807) is 42.5 Å². The van der Waals surface area contributed by atoms with E-state index in [1.807, 2.05) is 0 Å². The van der Waals surface area contributed by atoms with Gasteiger partial charge in [-0.25, -0.2) is 4.39 Å². The minimum Gasteiger partial charge on any atom is -0.493 e. The lowest BCUT2D eigenvalue weighted by molar-refractivity contribution is -0.483. The SMILES string of the molecule is O=C(CC(C[N+](=O)[O-])c1ccccc1F)c1ccc(OCCCOc2c(Cl)cc(OCC=C(Cl)Cl)cc2Cl)cc1. The van der Waals surface area contributed by atoms with Gasteiger partial charge in [0.2, 0.25) is 6.54 Å². The smallest absolute Gasteiger partial charge is 0.211 e. The Morgan fingerprint density at radius 3 is 2.23 bits per heavy atom. The summed E-state index contributed by atoms with van der Waals surface area (Å²) in [5.74, 6) is -0.519. The van der Waals surface area contributed by atoms with Crippen molar-refractivity contribution < 1.29 is 28.3 Å². The van der Waals surface area contributed by atoms with Crippen molar-refractivity contribution in [3.63, 3.8) is 0 Å². The van der Waals surface area contributed by atoms with Crippen LogP contribution in [-0.4, -0.2) is 37.1 Å². The van der Waals surface area contributed by atoms with Gasteiger partial charge in [0, 0.05) is 35.5 Å². The number of benzene rings is 3. The molecule has 0 fully saturated rings. The van der Waals surface area contributed by atoms with Crippen LogP contribution in [0.15, 0.2) is 71.2 Å². The van der Waals surface area contributed by atoms with Gasteiger partial charge in [-0.15, -0.1) is 0 Å². The van der Waals surface area contributed by atoms with Crippen molar-refractivity contribution in [2.75, 3.05) is 26.4 Å². The fourth-order valence-corrected chi connectivity index (χ4v) is 4.42. The third-order valence-electron chi connectivity index (χ3n) is 5.59. The minimum atomic E-state index is -0.877. The van der Waals surface area contributed by atoms with Crippen molar-refractivity contribution in [3.05, 3.63) is 108 Å². The maximum Gasteiger partial charge on any atom is 0.211 e. The highest BCUT2D eigenvalue weighted by molar-refractivity contribution is 6.55. The van der Waals surface area contributed by atoms with Crippen LogP contribution in [0.3, 0.4) is 0 Å². The zero-order chi connectivity index (χ0) is 29.1. The van der Waals surface area contributed by atoms with E-state index in [-0.39, 0.29) is 45.5 Å². The molecule has 0 amide bonds. The van der Waals surface area contributed by atoms with E-state index in [1.165, 1.54) is 24.3 Å². The molecule has 0 N–H and O–H groups in total. The largest absolute Gasteiger partial charge is 0.493 e. The van der Waals surface area contributed by atoms with Crippen LogP contribution in [0.4, 0.5) is 4.39 Å². The molecule has 0 aliphatic carbocycles. The molecule has 1 atom stereocenters. The van der Waals surface area contributed by atoms with Crippen LogP contribution in [0, 0.1) is 15.9 Å². The highest BCUT2D eigenvalue weighted by Crippen LogP contribution is 2.37. The second-order valence-electron chi connectivity index (χ2n) is 8.46. The van der Waals surface area contributed by atoms with E-state index in [0.29, 0.717) is 35.8 Å².